The summed E-state index contributed by atoms with van der Waals surface area (Å²) in [7, 11) is -0.291. The van der Waals surface area contributed by atoms with E-state index in [1.807, 2.05) is 6.92 Å². The number of hydrogen-bond donors (Lipinski definition) is 1. The van der Waals surface area contributed by atoms with Crippen LogP contribution in [0.15, 0.2) is 5.38 Å². The molecule has 1 saturated heterocycles. The maximum absolute atomic E-state index is 12.1. The zero-order chi connectivity index (χ0) is 16.5. The van der Waals surface area contributed by atoms with Crippen molar-refractivity contribution in [2.24, 2.45) is 11.8 Å². The second kappa shape index (κ2) is 6.92. The lowest BCUT2D eigenvalue weighted by Crippen LogP contribution is -2.46. The SMILES string of the molecule is Cc1nc(CN2C[C@@H](NS(=O)(=O)N(C)C)[C@H](C(C)C)C2)cs1. The molecule has 2 rings (SSSR count). The molecule has 1 aliphatic heterocycles. The van der Waals surface area contributed by atoms with Gasteiger partial charge in [-0.15, -0.1) is 11.3 Å². The van der Waals surface area contributed by atoms with Crippen LogP contribution in [0.1, 0.15) is 24.5 Å². The van der Waals surface area contributed by atoms with Crippen molar-refractivity contribution in [3.8, 4) is 0 Å². The standard InChI is InChI=1S/C14H26N4O2S2/c1-10(2)13-7-18(6-12-9-21-11(3)15-12)8-14(13)16-22(19,20)17(4)5/h9-10,13-14,16H,6-8H2,1-5H3/t13-,14+/m0/s1. The topological polar surface area (TPSA) is 65.5 Å². The highest BCUT2D eigenvalue weighted by atomic mass is 32.2. The average molecular weight is 347 g/mol. The molecule has 1 aromatic heterocycles. The Morgan fingerprint density at radius 3 is 2.64 bits per heavy atom. The monoisotopic (exact) mass is 346 g/mol. The van der Waals surface area contributed by atoms with Gasteiger partial charge in [0.05, 0.1) is 10.7 Å². The minimum Gasteiger partial charge on any atom is -0.296 e. The molecule has 0 spiro atoms. The van der Waals surface area contributed by atoms with E-state index in [0.29, 0.717) is 11.8 Å². The molecule has 0 aliphatic carbocycles. The molecular formula is C14H26N4O2S2. The van der Waals surface area contributed by atoms with Crippen LogP contribution in [0.3, 0.4) is 0 Å². The Morgan fingerprint density at radius 2 is 2.14 bits per heavy atom. The Balaban J connectivity index is 2.06. The lowest BCUT2D eigenvalue weighted by atomic mass is 9.92. The lowest BCUT2D eigenvalue weighted by molar-refractivity contribution is 0.293. The van der Waals surface area contributed by atoms with E-state index in [1.54, 1.807) is 25.4 Å². The van der Waals surface area contributed by atoms with Gasteiger partial charge in [-0.25, -0.2) is 4.98 Å². The van der Waals surface area contributed by atoms with Crippen molar-refractivity contribution in [1.29, 1.82) is 0 Å². The van der Waals surface area contributed by atoms with Gasteiger partial charge < -0.3 is 0 Å². The second-order valence-corrected chi connectivity index (χ2v) is 9.45. The molecule has 126 valence electrons. The van der Waals surface area contributed by atoms with Crippen LogP contribution in [-0.4, -0.2) is 55.8 Å². The number of nitrogens with zero attached hydrogens (tertiary/aromatic N) is 3. The number of thiazole rings is 1. The van der Waals surface area contributed by atoms with Gasteiger partial charge >= 0.3 is 0 Å². The fraction of sp³-hybridized carbons (Fsp3) is 0.786. The third-order valence-electron chi connectivity index (χ3n) is 4.13. The summed E-state index contributed by atoms with van der Waals surface area (Å²) in [5.74, 6) is 0.742. The van der Waals surface area contributed by atoms with E-state index in [0.717, 1.165) is 30.3 Å². The van der Waals surface area contributed by atoms with Gasteiger partial charge in [-0.3, -0.25) is 4.90 Å². The molecule has 1 aromatic rings. The molecule has 2 atom stereocenters. The molecule has 0 amide bonds. The number of hydrogen-bond acceptors (Lipinski definition) is 5. The third-order valence-corrected chi connectivity index (χ3v) is 6.51. The third kappa shape index (κ3) is 4.26. The van der Waals surface area contributed by atoms with E-state index >= 15 is 0 Å². The van der Waals surface area contributed by atoms with E-state index in [2.05, 4.69) is 33.8 Å². The van der Waals surface area contributed by atoms with Crippen molar-refractivity contribution >= 4 is 21.5 Å². The first-order valence-electron chi connectivity index (χ1n) is 7.52. The minimum atomic E-state index is -3.40. The van der Waals surface area contributed by atoms with E-state index in [1.165, 1.54) is 4.31 Å². The Morgan fingerprint density at radius 1 is 1.45 bits per heavy atom. The zero-order valence-corrected chi connectivity index (χ0v) is 15.5. The highest BCUT2D eigenvalue weighted by molar-refractivity contribution is 7.87. The Hall–Kier alpha value is -0.540. The van der Waals surface area contributed by atoms with Crippen LogP contribution in [0.5, 0.6) is 0 Å². The molecule has 0 unspecified atom stereocenters. The second-order valence-electron chi connectivity index (χ2n) is 6.47. The van der Waals surface area contributed by atoms with Crippen molar-refractivity contribution in [2.45, 2.75) is 33.4 Å². The minimum absolute atomic E-state index is 0.0490. The van der Waals surface area contributed by atoms with Crippen molar-refractivity contribution in [3.63, 3.8) is 0 Å². The summed E-state index contributed by atoms with van der Waals surface area (Å²) in [5.41, 5.74) is 1.07. The molecule has 0 aromatic carbocycles. The summed E-state index contributed by atoms with van der Waals surface area (Å²) in [6, 6.07) is -0.0490. The van der Waals surface area contributed by atoms with Crippen LogP contribution in [0, 0.1) is 18.8 Å². The molecular weight excluding hydrogens is 320 g/mol. The molecule has 22 heavy (non-hydrogen) atoms. The van der Waals surface area contributed by atoms with Crippen molar-refractivity contribution in [1.82, 2.24) is 18.9 Å². The maximum atomic E-state index is 12.1. The summed E-state index contributed by atoms with van der Waals surface area (Å²) in [4.78, 5) is 6.80. The smallest absolute Gasteiger partial charge is 0.279 e. The fourth-order valence-electron chi connectivity index (χ4n) is 2.85. The molecule has 1 fully saturated rings. The number of nitrogens with one attached hydrogen (secondary N) is 1. The number of aromatic nitrogens is 1. The first kappa shape index (κ1) is 17.8. The van der Waals surface area contributed by atoms with Gasteiger partial charge in [0.25, 0.3) is 10.2 Å². The summed E-state index contributed by atoms with van der Waals surface area (Å²) < 4.78 is 28.3. The van der Waals surface area contributed by atoms with Crippen LogP contribution in [0.25, 0.3) is 0 Å². The van der Waals surface area contributed by atoms with Gasteiger partial charge in [0, 0.05) is 45.2 Å². The Bertz CT molecular complexity index is 598. The van der Waals surface area contributed by atoms with Crippen LogP contribution < -0.4 is 4.72 Å². The molecule has 6 nitrogen and oxygen atoms in total. The number of aryl methyl sites for hydroxylation is 1. The largest absolute Gasteiger partial charge is 0.296 e. The van der Waals surface area contributed by atoms with E-state index in [-0.39, 0.29) is 6.04 Å². The quantitative estimate of drug-likeness (QED) is 0.843. The van der Waals surface area contributed by atoms with Crippen LogP contribution in [-0.2, 0) is 16.8 Å². The van der Waals surface area contributed by atoms with Crippen molar-refractivity contribution in [3.05, 3.63) is 16.1 Å². The van der Waals surface area contributed by atoms with Crippen LogP contribution in [0.4, 0.5) is 0 Å². The molecule has 2 heterocycles. The summed E-state index contributed by atoms with van der Waals surface area (Å²) in [5, 5.41) is 3.15. The van der Waals surface area contributed by atoms with Gasteiger partial charge in [-0.05, 0) is 18.8 Å². The predicted octanol–water partition coefficient (Wildman–Crippen LogP) is 1.30. The molecule has 0 radical (unpaired) electrons. The van der Waals surface area contributed by atoms with Crippen LogP contribution in [0.2, 0.25) is 0 Å². The average Bonchev–Trinajstić information content (AvgIpc) is 2.96. The van der Waals surface area contributed by atoms with Crippen LogP contribution >= 0.6 is 11.3 Å². The molecule has 1 aliphatic rings. The highest BCUT2D eigenvalue weighted by Gasteiger charge is 2.37. The van der Waals surface area contributed by atoms with Gasteiger partial charge in [0.2, 0.25) is 0 Å². The first-order valence-corrected chi connectivity index (χ1v) is 9.84. The zero-order valence-electron chi connectivity index (χ0n) is 13.9. The number of likely N-dealkylation sites (tertiary alicyclic amines) is 1. The van der Waals surface area contributed by atoms with Gasteiger partial charge in [0.1, 0.15) is 0 Å². The van der Waals surface area contributed by atoms with E-state index < -0.39 is 10.2 Å². The summed E-state index contributed by atoms with van der Waals surface area (Å²) in [6.07, 6.45) is 0. The summed E-state index contributed by atoms with van der Waals surface area (Å²) in [6.45, 7) is 8.72. The normalized spacial score (nSPS) is 23.8. The van der Waals surface area contributed by atoms with Gasteiger partial charge in [-0.2, -0.15) is 17.4 Å². The molecule has 8 heteroatoms. The Labute approximate surface area is 137 Å². The Kier molecular flexibility index (Phi) is 5.60. The van der Waals surface area contributed by atoms with Gasteiger partial charge in [0.15, 0.2) is 0 Å². The van der Waals surface area contributed by atoms with E-state index in [9.17, 15) is 8.42 Å². The lowest BCUT2D eigenvalue weighted by Gasteiger charge is -2.24. The molecule has 0 saturated carbocycles. The highest BCUT2D eigenvalue weighted by Crippen LogP contribution is 2.26. The number of rotatable bonds is 6. The maximum Gasteiger partial charge on any atom is 0.279 e. The van der Waals surface area contributed by atoms with Gasteiger partial charge in [-0.1, -0.05) is 13.8 Å². The van der Waals surface area contributed by atoms with Crippen molar-refractivity contribution in [2.75, 3.05) is 27.2 Å². The molecule has 1 N–H and O–H groups in total. The molecule has 0 bridgehead atoms. The first-order chi connectivity index (χ1) is 10.2. The van der Waals surface area contributed by atoms with Crippen molar-refractivity contribution < 1.29 is 8.42 Å². The summed E-state index contributed by atoms with van der Waals surface area (Å²) >= 11 is 1.65. The van der Waals surface area contributed by atoms with E-state index in [4.69, 9.17) is 0 Å². The fourth-order valence-corrected chi connectivity index (χ4v) is 4.30. The predicted molar refractivity (Wildman–Crippen MR) is 90.0 cm³/mol.